The van der Waals surface area contributed by atoms with E-state index in [0.29, 0.717) is 18.4 Å². The van der Waals surface area contributed by atoms with Crippen LogP contribution in [0.5, 0.6) is 5.88 Å². The normalized spacial score (nSPS) is 23.1. The second kappa shape index (κ2) is 7.12. The van der Waals surface area contributed by atoms with Gasteiger partial charge in [0.15, 0.2) is 5.78 Å². The molecule has 4 heteroatoms. The smallest absolute Gasteiger partial charge is 0.217 e. The first-order valence-corrected chi connectivity index (χ1v) is 9.35. The molecule has 1 aliphatic heterocycles. The molecule has 4 nitrogen and oxygen atoms in total. The Morgan fingerprint density at radius 3 is 2.88 bits per heavy atom. The maximum Gasteiger partial charge on any atom is 0.217 e. The largest absolute Gasteiger partial charge is 0.477 e. The number of Topliss-reactive ketones (excluding diaryl/α,β-unsaturated/α-hetero) is 1. The van der Waals surface area contributed by atoms with Gasteiger partial charge in [-0.15, -0.1) is 0 Å². The lowest BCUT2D eigenvalue weighted by Gasteiger charge is -2.27. The van der Waals surface area contributed by atoms with E-state index < -0.39 is 0 Å². The highest BCUT2D eigenvalue weighted by molar-refractivity contribution is 5.99. The molecule has 25 heavy (non-hydrogen) atoms. The fourth-order valence-corrected chi connectivity index (χ4v) is 4.06. The summed E-state index contributed by atoms with van der Waals surface area (Å²) in [5, 5.41) is 1.04. The van der Waals surface area contributed by atoms with Crippen molar-refractivity contribution in [3.05, 3.63) is 35.4 Å². The summed E-state index contributed by atoms with van der Waals surface area (Å²) < 4.78 is 11.1. The molecule has 1 aliphatic carbocycles. The number of aryl methyl sites for hydroxylation is 1. The van der Waals surface area contributed by atoms with Crippen LogP contribution in [0.1, 0.15) is 54.4 Å². The number of ketones is 1. The Hall–Kier alpha value is -1.94. The average molecular weight is 339 g/mol. The van der Waals surface area contributed by atoms with Gasteiger partial charge in [0.1, 0.15) is 0 Å². The monoisotopic (exact) mass is 339 g/mol. The molecule has 0 unspecified atom stereocenters. The van der Waals surface area contributed by atoms with Gasteiger partial charge < -0.3 is 9.47 Å². The summed E-state index contributed by atoms with van der Waals surface area (Å²) in [7, 11) is 1.78. The zero-order chi connectivity index (χ0) is 17.2. The third-order valence-electron chi connectivity index (χ3n) is 5.61. The first-order valence-electron chi connectivity index (χ1n) is 9.35. The van der Waals surface area contributed by atoms with Gasteiger partial charge in [0.05, 0.1) is 18.2 Å². The third-order valence-corrected chi connectivity index (χ3v) is 5.61. The molecule has 1 fully saturated rings. The zero-order valence-corrected chi connectivity index (χ0v) is 14.8. The quantitative estimate of drug-likeness (QED) is 0.778. The van der Waals surface area contributed by atoms with Gasteiger partial charge in [-0.05, 0) is 68.7 Å². The first-order chi connectivity index (χ1) is 12.2. The van der Waals surface area contributed by atoms with Gasteiger partial charge in [-0.2, -0.15) is 0 Å². The molecule has 0 atom stereocenters. The number of pyridine rings is 1. The molecular weight excluding hydrogens is 314 g/mol. The summed E-state index contributed by atoms with van der Waals surface area (Å²) in [6.45, 7) is 0.743. The fraction of sp³-hybridized carbons (Fsp3) is 0.524. The molecule has 0 spiro atoms. The van der Waals surface area contributed by atoms with E-state index in [0.717, 1.165) is 73.0 Å². The Balaban J connectivity index is 1.50. The van der Waals surface area contributed by atoms with Crippen molar-refractivity contribution in [2.24, 2.45) is 5.92 Å². The summed E-state index contributed by atoms with van der Waals surface area (Å²) in [5.41, 5.74) is 2.86. The van der Waals surface area contributed by atoms with Gasteiger partial charge in [-0.25, -0.2) is 4.98 Å². The molecule has 2 aliphatic rings. The highest BCUT2D eigenvalue weighted by Gasteiger charge is 2.23. The lowest BCUT2D eigenvalue weighted by Crippen LogP contribution is -2.22. The highest BCUT2D eigenvalue weighted by atomic mass is 16.5. The van der Waals surface area contributed by atoms with Crippen molar-refractivity contribution in [1.82, 2.24) is 4.98 Å². The fourth-order valence-electron chi connectivity index (χ4n) is 4.06. The number of carbonyl (C=O) groups is 1. The summed E-state index contributed by atoms with van der Waals surface area (Å²) in [6.07, 6.45) is 7.37. The standard InChI is InChI=1S/C21H25NO3/c1-24-18-7-4-14(5-8-18)11-20(23)15-6-9-19-17(12-15)13-16-3-2-10-25-21(16)22-19/h6,9,12-14,18H,2-5,7-8,10-11H2,1H3. The maximum atomic E-state index is 12.7. The van der Waals surface area contributed by atoms with Gasteiger partial charge >= 0.3 is 0 Å². The van der Waals surface area contributed by atoms with Crippen molar-refractivity contribution in [3.8, 4) is 5.88 Å². The summed E-state index contributed by atoms with van der Waals surface area (Å²) >= 11 is 0. The lowest BCUT2D eigenvalue weighted by atomic mass is 9.83. The molecule has 0 saturated heterocycles. The van der Waals surface area contributed by atoms with Crippen LogP contribution in [0, 0.1) is 5.92 Å². The lowest BCUT2D eigenvalue weighted by molar-refractivity contribution is 0.0539. The minimum absolute atomic E-state index is 0.247. The number of methoxy groups -OCH3 is 1. The molecule has 0 N–H and O–H groups in total. The van der Waals surface area contributed by atoms with Crippen LogP contribution < -0.4 is 4.74 Å². The van der Waals surface area contributed by atoms with Crippen LogP contribution in [0.3, 0.4) is 0 Å². The van der Waals surface area contributed by atoms with Gasteiger partial charge in [-0.1, -0.05) is 0 Å². The van der Waals surface area contributed by atoms with Crippen molar-refractivity contribution in [2.45, 2.75) is 51.0 Å². The Kier molecular flexibility index (Phi) is 4.71. The predicted octanol–water partition coefficient (Wildman–Crippen LogP) is 4.34. The SMILES string of the molecule is COC1CCC(CC(=O)c2ccc3nc4c(cc3c2)CCCO4)CC1. The molecule has 0 bridgehead atoms. The molecule has 0 amide bonds. The van der Waals surface area contributed by atoms with Crippen LogP contribution in [0.25, 0.3) is 10.9 Å². The number of benzene rings is 1. The number of ether oxygens (including phenoxy) is 2. The van der Waals surface area contributed by atoms with E-state index in [1.807, 2.05) is 18.2 Å². The van der Waals surface area contributed by atoms with Crippen molar-refractivity contribution >= 4 is 16.7 Å². The van der Waals surface area contributed by atoms with Crippen molar-refractivity contribution in [3.63, 3.8) is 0 Å². The average Bonchev–Trinajstić information content (AvgIpc) is 2.66. The van der Waals surface area contributed by atoms with Crippen LogP contribution in [0.4, 0.5) is 0 Å². The number of rotatable bonds is 4. The summed E-state index contributed by atoms with van der Waals surface area (Å²) in [4.78, 5) is 17.3. The topological polar surface area (TPSA) is 48.4 Å². The van der Waals surface area contributed by atoms with Gasteiger partial charge in [0.2, 0.25) is 5.88 Å². The first kappa shape index (κ1) is 16.5. The van der Waals surface area contributed by atoms with Crippen molar-refractivity contribution < 1.29 is 14.3 Å². The second-order valence-electron chi connectivity index (χ2n) is 7.32. The number of carbonyl (C=O) groups excluding carboxylic acids is 1. The van der Waals surface area contributed by atoms with Crippen LogP contribution in [0.2, 0.25) is 0 Å². The Morgan fingerprint density at radius 1 is 1.24 bits per heavy atom. The van der Waals surface area contributed by atoms with Gasteiger partial charge in [-0.3, -0.25) is 4.79 Å². The Bertz CT molecular complexity index is 778. The van der Waals surface area contributed by atoms with Crippen LogP contribution in [0.15, 0.2) is 24.3 Å². The second-order valence-corrected chi connectivity index (χ2v) is 7.32. The van der Waals surface area contributed by atoms with E-state index in [4.69, 9.17) is 9.47 Å². The molecule has 0 radical (unpaired) electrons. The van der Waals surface area contributed by atoms with E-state index in [-0.39, 0.29) is 5.78 Å². The van der Waals surface area contributed by atoms with Crippen LogP contribution in [-0.2, 0) is 11.2 Å². The molecule has 2 aromatic rings. The van der Waals surface area contributed by atoms with E-state index in [9.17, 15) is 4.79 Å². The van der Waals surface area contributed by atoms with Crippen molar-refractivity contribution in [1.29, 1.82) is 0 Å². The number of aromatic nitrogens is 1. The van der Waals surface area contributed by atoms with Gasteiger partial charge in [0, 0.05) is 30.0 Å². The molecule has 132 valence electrons. The van der Waals surface area contributed by atoms with E-state index in [1.54, 1.807) is 7.11 Å². The number of hydrogen-bond donors (Lipinski definition) is 0. The molecular formula is C21H25NO3. The minimum Gasteiger partial charge on any atom is -0.477 e. The molecule has 1 aromatic carbocycles. The molecule has 1 aromatic heterocycles. The Morgan fingerprint density at radius 2 is 2.08 bits per heavy atom. The van der Waals surface area contributed by atoms with Crippen LogP contribution in [-0.4, -0.2) is 30.6 Å². The summed E-state index contributed by atoms with van der Waals surface area (Å²) in [6, 6.07) is 7.99. The van der Waals surface area contributed by atoms with Gasteiger partial charge in [0.25, 0.3) is 0 Å². The molecule has 4 rings (SSSR count). The number of hydrogen-bond acceptors (Lipinski definition) is 4. The van der Waals surface area contributed by atoms with Crippen molar-refractivity contribution in [2.75, 3.05) is 13.7 Å². The maximum absolute atomic E-state index is 12.7. The number of nitrogens with zero attached hydrogens (tertiary/aromatic N) is 1. The molecule has 1 saturated carbocycles. The Labute approximate surface area is 148 Å². The van der Waals surface area contributed by atoms with E-state index in [2.05, 4.69) is 11.1 Å². The number of fused-ring (bicyclic) bond motifs is 2. The summed E-state index contributed by atoms with van der Waals surface area (Å²) in [5.74, 6) is 1.49. The molecule has 2 heterocycles. The highest BCUT2D eigenvalue weighted by Crippen LogP contribution is 2.31. The van der Waals surface area contributed by atoms with E-state index in [1.165, 1.54) is 0 Å². The minimum atomic E-state index is 0.247. The predicted molar refractivity (Wildman–Crippen MR) is 97.3 cm³/mol. The third kappa shape index (κ3) is 3.54. The van der Waals surface area contributed by atoms with E-state index >= 15 is 0 Å². The van der Waals surface area contributed by atoms with Crippen LogP contribution >= 0.6 is 0 Å². The zero-order valence-electron chi connectivity index (χ0n) is 14.8.